The van der Waals surface area contributed by atoms with Gasteiger partial charge in [0.25, 0.3) is 0 Å². The maximum absolute atomic E-state index is 11.7. The molecule has 1 unspecified atom stereocenters. The fourth-order valence-electron chi connectivity index (χ4n) is 2.50. The van der Waals surface area contributed by atoms with Gasteiger partial charge in [-0.1, -0.05) is 35.9 Å². The molecular weight excluding hydrogens is 282 g/mol. The van der Waals surface area contributed by atoms with Crippen molar-refractivity contribution in [2.24, 2.45) is 0 Å². The van der Waals surface area contributed by atoms with Crippen LogP contribution in [0.3, 0.4) is 0 Å². The van der Waals surface area contributed by atoms with Gasteiger partial charge in [0, 0.05) is 6.26 Å². The van der Waals surface area contributed by atoms with Gasteiger partial charge < -0.3 is 5.32 Å². The number of sulfone groups is 1. The Morgan fingerprint density at radius 3 is 2.38 bits per heavy atom. The number of hydrogen-bond acceptors (Lipinski definition) is 3. The van der Waals surface area contributed by atoms with E-state index >= 15 is 0 Å². The van der Waals surface area contributed by atoms with E-state index < -0.39 is 9.84 Å². The Labute approximate surface area is 126 Å². The van der Waals surface area contributed by atoms with Gasteiger partial charge >= 0.3 is 0 Å². The predicted molar refractivity (Wildman–Crippen MR) is 86.4 cm³/mol. The van der Waals surface area contributed by atoms with Crippen LogP contribution < -0.4 is 5.32 Å². The molecule has 0 saturated heterocycles. The zero-order chi connectivity index (χ0) is 15.6. The highest BCUT2D eigenvalue weighted by Crippen LogP contribution is 2.27. The molecule has 0 aliphatic heterocycles. The summed E-state index contributed by atoms with van der Waals surface area (Å²) in [4.78, 5) is 0.352. The molecule has 3 nitrogen and oxygen atoms in total. The SMILES string of the molecule is CNC(c1cccc(S(C)(=O)=O)c1)c1cc(C)ccc1C. The maximum atomic E-state index is 11.7. The van der Waals surface area contributed by atoms with Crippen LogP contribution in [0, 0.1) is 13.8 Å². The lowest BCUT2D eigenvalue weighted by Crippen LogP contribution is -2.19. The number of nitrogens with one attached hydrogen (secondary N) is 1. The first kappa shape index (κ1) is 15.7. The molecule has 0 aromatic heterocycles. The van der Waals surface area contributed by atoms with Gasteiger partial charge in [0.1, 0.15) is 0 Å². The van der Waals surface area contributed by atoms with Crippen LogP contribution in [-0.4, -0.2) is 21.7 Å². The first-order valence-corrected chi connectivity index (χ1v) is 8.76. The largest absolute Gasteiger partial charge is 0.309 e. The van der Waals surface area contributed by atoms with Gasteiger partial charge in [-0.05, 0) is 49.7 Å². The average Bonchev–Trinajstić information content (AvgIpc) is 2.43. The highest BCUT2D eigenvalue weighted by atomic mass is 32.2. The lowest BCUT2D eigenvalue weighted by Gasteiger charge is -2.20. The van der Waals surface area contributed by atoms with Crippen molar-refractivity contribution in [3.05, 3.63) is 64.7 Å². The van der Waals surface area contributed by atoms with Crippen LogP contribution in [0.5, 0.6) is 0 Å². The van der Waals surface area contributed by atoms with Crippen molar-refractivity contribution in [1.29, 1.82) is 0 Å². The summed E-state index contributed by atoms with van der Waals surface area (Å²) in [5.41, 5.74) is 4.50. The Morgan fingerprint density at radius 1 is 1.05 bits per heavy atom. The van der Waals surface area contributed by atoms with Gasteiger partial charge in [0.2, 0.25) is 0 Å². The summed E-state index contributed by atoms with van der Waals surface area (Å²) in [5.74, 6) is 0. The molecule has 112 valence electrons. The normalized spacial score (nSPS) is 13.1. The topological polar surface area (TPSA) is 46.2 Å². The predicted octanol–water partition coefficient (Wildman–Crippen LogP) is 3.02. The first-order chi connectivity index (χ1) is 9.82. The molecule has 4 heteroatoms. The molecule has 0 aliphatic rings. The summed E-state index contributed by atoms with van der Waals surface area (Å²) in [6, 6.07) is 13.4. The zero-order valence-electron chi connectivity index (χ0n) is 12.8. The van der Waals surface area contributed by atoms with E-state index in [1.165, 1.54) is 22.9 Å². The Hall–Kier alpha value is -1.65. The Kier molecular flexibility index (Phi) is 4.49. The van der Waals surface area contributed by atoms with E-state index in [-0.39, 0.29) is 6.04 Å². The first-order valence-electron chi connectivity index (χ1n) is 6.87. The van der Waals surface area contributed by atoms with Crippen LogP contribution in [0.25, 0.3) is 0 Å². The zero-order valence-corrected chi connectivity index (χ0v) is 13.7. The average molecular weight is 303 g/mol. The minimum atomic E-state index is -3.20. The molecule has 0 saturated carbocycles. The van der Waals surface area contributed by atoms with Crippen molar-refractivity contribution in [2.75, 3.05) is 13.3 Å². The molecule has 1 atom stereocenters. The van der Waals surface area contributed by atoms with Crippen molar-refractivity contribution >= 4 is 9.84 Å². The molecule has 0 spiro atoms. The Morgan fingerprint density at radius 2 is 1.76 bits per heavy atom. The molecule has 0 bridgehead atoms. The summed E-state index contributed by atoms with van der Waals surface area (Å²) >= 11 is 0. The van der Waals surface area contributed by atoms with E-state index in [9.17, 15) is 8.42 Å². The van der Waals surface area contributed by atoms with Crippen LogP contribution in [-0.2, 0) is 9.84 Å². The third kappa shape index (κ3) is 3.52. The molecule has 0 aliphatic carbocycles. The number of hydrogen-bond donors (Lipinski definition) is 1. The lowest BCUT2D eigenvalue weighted by molar-refractivity contribution is 0.601. The third-order valence-electron chi connectivity index (χ3n) is 3.65. The van der Waals surface area contributed by atoms with Gasteiger partial charge in [-0.15, -0.1) is 0 Å². The van der Waals surface area contributed by atoms with E-state index in [2.05, 4.69) is 37.4 Å². The Balaban J connectivity index is 2.54. The molecule has 0 amide bonds. The van der Waals surface area contributed by atoms with E-state index in [0.29, 0.717) is 4.90 Å². The second kappa shape index (κ2) is 6.00. The molecule has 21 heavy (non-hydrogen) atoms. The van der Waals surface area contributed by atoms with E-state index in [0.717, 1.165) is 5.56 Å². The van der Waals surface area contributed by atoms with E-state index in [1.807, 2.05) is 13.1 Å². The fourth-order valence-corrected chi connectivity index (χ4v) is 3.17. The molecule has 1 N–H and O–H groups in total. The van der Waals surface area contributed by atoms with Crippen LogP contribution >= 0.6 is 0 Å². The van der Waals surface area contributed by atoms with Gasteiger partial charge in [-0.2, -0.15) is 0 Å². The van der Waals surface area contributed by atoms with Gasteiger partial charge in [0.05, 0.1) is 10.9 Å². The quantitative estimate of drug-likeness (QED) is 0.944. The highest BCUT2D eigenvalue weighted by Gasteiger charge is 2.16. The fraction of sp³-hybridized carbons (Fsp3) is 0.294. The second-order valence-corrected chi connectivity index (χ2v) is 7.44. The van der Waals surface area contributed by atoms with Gasteiger partial charge in [-0.3, -0.25) is 0 Å². The van der Waals surface area contributed by atoms with Crippen LogP contribution in [0.4, 0.5) is 0 Å². The van der Waals surface area contributed by atoms with Crippen LogP contribution in [0.2, 0.25) is 0 Å². The Bertz CT molecular complexity index is 751. The summed E-state index contributed by atoms with van der Waals surface area (Å²) in [5, 5.41) is 3.29. The monoisotopic (exact) mass is 303 g/mol. The molecule has 2 aromatic rings. The summed E-state index contributed by atoms with van der Waals surface area (Å²) < 4.78 is 23.5. The third-order valence-corrected chi connectivity index (χ3v) is 4.76. The molecule has 2 rings (SSSR count). The summed E-state index contributed by atoms with van der Waals surface area (Å²) in [6.07, 6.45) is 1.23. The van der Waals surface area contributed by atoms with Crippen molar-refractivity contribution in [2.45, 2.75) is 24.8 Å². The van der Waals surface area contributed by atoms with Crippen molar-refractivity contribution in [3.63, 3.8) is 0 Å². The summed E-state index contributed by atoms with van der Waals surface area (Å²) in [7, 11) is -1.31. The van der Waals surface area contributed by atoms with Gasteiger partial charge in [0.15, 0.2) is 9.84 Å². The van der Waals surface area contributed by atoms with Crippen LogP contribution in [0.1, 0.15) is 28.3 Å². The number of aryl methyl sites for hydroxylation is 2. The minimum Gasteiger partial charge on any atom is -0.309 e. The second-order valence-electron chi connectivity index (χ2n) is 5.43. The molecular formula is C17H21NO2S. The molecule has 0 fully saturated rings. The standard InChI is InChI=1S/C17H21NO2S/c1-12-8-9-13(2)16(10-12)17(18-3)14-6-5-7-15(11-14)21(4,19)20/h5-11,17-18H,1-4H3. The number of benzene rings is 2. The lowest BCUT2D eigenvalue weighted by atomic mass is 9.94. The maximum Gasteiger partial charge on any atom is 0.175 e. The van der Waals surface area contributed by atoms with Crippen molar-refractivity contribution in [1.82, 2.24) is 5.32 Å². The molecule has 0 radical (unpaired) electrons. The molecule has 2 aromatic carbocycles. The smallest absolute Gasteiger partial charge is 0.175 e. The summed E-state index contributed by atoms with van der Waals surface area (Å²) in [6.45, 7) is 4.13. The number of rotatable bonds is 4. The van der Waals surface area contributed by atoms with Crippen molar-refractivity contribution in [3.8, 4) is 0 Å². The molecule has 0 heterocycles. The van der Waals surface area contributed by atoms with E-state index in [4.69, 9.17) is 0 Å². The minimum absolute atomic E-state index is 0.0217. The van der Waals surface area contributed by atoms with Crippen LogP contribution in [0.15, 0.2) is 47.4 Å². The van der Waals surface area contributed by atoms with E-state index in [1.54, 1.807) is 18.2 Å². The highest BCUT2D eigenvalue weighted by molar-refractivity contribution is 7.90. The van der Waals surface area contributed by atoms with Gasteiger partial charge in [-0.25, -0.2) is 8.42 Å². The van der Waals surface area contributed by atoms with Crippen molar-refractivity contribution < 1.29 is 8.42 Å².